The maximum absolute atomic E-state index is 14.8. The number of rotatable bonds is 3. The van der Waals surface area contributed by atoms with Gasteiger partial charge in [0.15, 0.2) is 0 Å². The lowest BCUT2D eigenvalue weighted by Crippen LogP contribution is -2.51. The average Bonchev–Trinajstić information content (AvgIpc) is 2.55. The molecule has 0 saturated carbocycles. The van der Waals surface area contributed by atoms with Crippen molar-refractivity contribution in [2.75, 3.05) is 24.7 Å². The van der Waals surface area contributed by atoms with Crippen molar-refractivity contribution >= 4 is 28.5 Å². The highest BCUT2D eigenvalue weighted by atomic mass is 32.2. The lowest BCUT2D eigenvalue weighted by molar-refractivity contribution is -0.153. The first-order valence-corrected chi connectivity index (χ1v) is 10.2. The van der Waals surface area contributed by atoms with Gasteiger partial charge in [0, 0.05) is 29.5 Å². The third kappa shape index (κ3) is 4.29. The van der Waals surface area contributed by atoms with E-state index in [9.17, 15) is 9.18 Å². The first kappa shape index (κ1) is 20.1. The first-order chi connectivity index (χ1) is 12.6. The average molecular weight is 395 g/mol. The summed E-state index contributed by atoms with van der Waals surface area (Å²) in [6.45, 7) is 8.48. The van der Waals surface area contributed by atoms with Crippen molar-refractivity contribution in [3.05, 3.63) is 29.6 Å². The van der Waals surface area contributed by atoms with E-state index in [0.717, 1.165) is 5.75 Å². The third-order valence-electron chi connectivity index (χ3n) is 4.93. The number of nitrogens with two attached hydrogens (primary N) is 1. The largest absolute Gasteiger partial charge is 0.460 e. The SMILES string of the molecule is C[C@@H]1COC[C@]2(c3cc(N)ccc3F)N=C(CC(=O)OC(C)(C)C)SC[C@H]12. The van der Waals surface area contributed by atoms with Crippen LogP contribution in [0, 0.1) is 17.7 Å². The quantitative estimate of drug-likeness (QED) is 0.624. The Morgan fingerprint density at radius 1 is 1.48 bits per heavy atom. The van der Waals surface area contributed by atoms with E-state index in [1.807, 2.05) is 20.8 Å². The number of anilines is 1. The molecule has 0 aliphatic carbocycles. The topological polar surface area (TPSA) is 73.9 Å². The lowest BCUT2D eigenvalue weighted by atomic mass is 9.72. The molecule has 148 valence electrons. The van der Waals surface area contributed by atoms with Crippen molar-refractivity contribution in [1.29, 1.82) is 0 Å². The first-order valence-electron chi connectivity index (χ1n) is 9.17. The summed E-state index contributed by atoms with van der Waals surface area (Å²) in [4.78, 5) is 17.2. The number of carbonyl (C=O) groups is 1. The Hall–Kier alpha value is -1.60. The molecule has 3 atom stereocenters. The Bertz CT molecular complexity index is 762. The Morgan fingerprint density at radius 2 is 2.22 bits per heavy atom. The fraction of sp³-hybridized carbons (Fsp3) is 0.600. The van der Waals surface area contributed by atoms with Crippen molar-refractivity contribution in [3.8, 4) is 0 Å². The summed E-state index contributed by atoms with van der Waals surface area (Å²) in [5, 5.41) is 0.653. The van der Waals surface area contributed by atoms with Crippen molar-refractivity contribution in [2.24, 2.45) is 16.8 Å². The van der Waals surface area contributed by atoms with Crippen LogP contribution in [0.5, 0.6) is 0 Å². The molecule has 1 aromatic carbocycles. The molecular formula is C20H27FN2O3S. The molecule has 1 fully saturated rings. The van der Waals surface area contributed by atoms with Crippen LogP contribution in [0.2, 0.25) is 0 Å². The predicted octanol–water partition coefficient (Wildman–Crippen LogP) is 3.76. The summed E-state index contributed by atoms with van der Waals surface area (Å²) < 4.78 is 26.0. The van der Waals surface area contributed by atoms with Crippen molar-refractivity contribution < 1.29 is 18.7 Å². The molecule has 3 rings (SSSR count). The van der Waals surface area contributed by atoms with Crippen molar-refractivity contribution in [2.45, 2.75) is 45.3 Å². The summed E-state index contributed by atoms with van der Waals surface area (Å²) >= 11 is 1.55. The number of esters is 1. The molecule has 7 heteroatoms. The van der Waals surface area contributed by atoms with Crippen molar-refractivity contribution in [1.82, 2.24) is 0 Å². The normalized spacial score (nSPS) is 28.3. The summed E-state index contributed by atoms with van der Waals surface area (Å²) in [7, 11) is 0. The molecule has 0 radical (unpaired) electrons. The zero-order valence-electron chi connectivity index (χ0n) is 16.3. The van der Waals surface area contributed by atoms with Crippen LogP contribution in [0.15, 0.2) is 23.2 Å². The standard InChI is InChI=1S/C20H27FN2O3S/c1-12-9-25-11-20(14-7-13(22)5-6-16(14)21)15(12)10-27-17(23-20)8-18(24)26-19(2,3)4/h5-7,12,15H,8-11,22H2,1-4H3/t12-,15-,20-/m1/s1. The van der Waals surface area contributed by atoms with E-state index in [1.165, 1.54) is 6.07 Å². The van der Waals surface area contributed by atoms with E-state index in [-0.39, 0.29) is 36.7 Å². The number of benzene rings is 1. The van der Waals surface area contributed by atoms with E-state index in [4.69, 9.17) is 20.2 Å². The molecule has 2 aliphatic heterocycles. The van der Waals surface area contributed by atoms with Gasteiger partial charge in [-0.2, -0.15) is 0 Å². The molecule has 1 saturated heterocycles. The van der Waals surface area contributed by atoms with Gasteiger partial charge in [-0.15, -0.1) is 11.8 Å². The summed E-state index contributed by atoms with van der Waals surface area (Å²) in [6.07, 6.45) is 0.0781. The number of nitrogens with zero attached hydrogens (tertiary/aromatic N) is 1. The number of nitrogen functional groups attached to an aromatic ring is 1. The minimum atomic E-state index is -0.861. The van der Waals surface area contributed by atoms with Crippen LogP contribution in [-0.4, -0.2) is 35.6 Å². The predicted molar refractivity (Wildman–Crippen MR) is 106 cm³/mol. The van der Waals surface area contributed by atoms with E-state index in [1.54, 1.807) is 23.9 Å². The number of fused-ring (bicyclic) bond motifs is 1. The van der Waals surface area contributed by atoms with E-state index < -0.39 is 11.1 Å². The summed E-state index contributed by atoms with van der Waals surface area (Å²) in [5.74, 6) is 0.397. The lowest BCUT2D eigenvalue weighted by Gasteiger charge is -2.47. The zero-order chi connectivity index (χ0) is 19.8. The van der Waals surface area contributed by atoms with E-state index in [0.29, 0.717) is 22.9 Å². The molecule has 5 nitrogen and oxygen atoms in total. The maximum Gasteiger partial charge on any atom is 0.312 e. The van der Waals surface area contributed by atoms with Gasteiger partial charge in [-0.05, 0) is 44.9 Å². The molecule has 0 bridgehead atoms. The van der Waals surface area contributed by atoms with E-state index in [2.05, 4.69) is 6.92 Å². The molecule has 0 spiro atoms. The van der Waals surface area contributed by atoms with Crippen LogP contribution in [0.25, 0.3) is 0 Å². The molecule has 27 heavy (non-hydrogen) atoms. The highest BCUT2D eigenvalue weighted by Gasteiger charge is 2.50. The Balaban J connectivity index is 1.99. The smallest absolute Gasteiger partial charge is 0.312 e. The number of aliphatic imine (C=N–C) groups is 1. The molecule has 2 aliphatic rings. The Kier molecular flexibility index (Phi) is 5.54. The van der Waals surface area contributed by atoms with Crippen LogP contribution < -0.4 is 5.73 Å². The minimum Gasteiger partial charge on any atom is -0.460 e. The molecule has 0 aromatic heterocycles. The Morgan fingerprint density at radius 3 is 2.93 bits per heavy atom. The number of thioether (sulfide) groups is 1. The van der Waals surface area contributed by atoms with Gasteiger partial charge in [-0.1, -0.05) is 6.92 Å². The van der Waals surface area contributed by atoms with Gasteiger partial charge in [0.1, 0.15) is 17.0 Å². The Labute approximate surface area is 163 Å². The second-order valence-corrected chi connectivity index (χ2v) is 9.44. The molecule has 0 unspecified atom stereocenters. The van der Waals surface area contributed by atoms with Gasteiger partial charge in [0.05, 0.1) is 18.1 Å². The fourth-order valence-electron chi connectivity index (χ4n) is 3.76. The van der Waals surface area contributed by atoms with Gasteiger partial charge in [0.2, 0.25) is 0 Å². The van der Waals surface area contributed by atoms with Gasteiger partial charge in [0.25, 0.3) is 0 Å². The van der Waals surface area contributed by atoms with Gasteiger partial charge in [-0.3, -0.25) is 9.79 Å². The molecular weight excluding hydrogens is 367 g/mol. The van der Waals surface area contributed by atoms with Gasteiger partial charge < -0.3 is 15.2 Å². The van der Waals surface area contributed by atoms with Crippen molar-refractivity contribution in [3.63, 3.8) is 0 Å². The monoisotopic (exact) mass is 394 g/mol. The number of halogens is 1. The summed E-state index contributed by atoms with van der Waals surface area (Å²) in [5.41, 5.74) is 5.45. The van der Waals surface area contributed by atoms with Crippen LogP contribution in [0.1, 0.15) is 39.7 Å². The maximum atomic E-state index is 14.8. The second kappa shape index (κ2) is 7.43. The molecule has 1 aromatic rings. The minimum absolute atomic E-state index is 0.0781. The molecule has 2 N–H and O–H groups in total. The highest BCUT2D eigenvalue weighted by molar-refractivity contribution is 8.14. The fourth-order valence-corrected chi connectivity index (χ4v) is 5.18. The van der Waals surface area contributed by atoms with Crippen LogP contribution in [0.3, 0.4) is 0 Å². The third-order valence-corrected chi connectivity index (χ3v) is 6.02. The van der Waals surface area contributed by atoms with Crippen LogP contribution in [-0.2, 0) is 19.8 Å². The van der Waals surface area contributed by atoms with Crippen LogP contribution in [0.4, 0.5) is 10.1 Å². The second-order valence-electron chi connectivity index (χ2n) is 8.34. The summed E-state index contributed by atoms with van der Waals surface area (Å²) in [6, 6.07) is 4.56. The zero-order valence-corrected chi connectivity index (χ0v) is 17.1. The highest BCUT2D eigenvalue weighted by Crippen LogP contribution is 2.48. The van der Waals surface area contributed by atoms with Gasteiger partial charge in [-0.25, -0.2) is 4.39 Å². The number of carbonyl (C=O) groups excluding carboxylic acids is 1. The number of hydrogen-bond donors (Lipinski definition) is 1. The number of hydrogen-bond acceptors (Lipinski definition) is 6. The number of ether oxygens (including phenoxy) is 2. The molecule has 2 heterocycles. The molecule has 0 amide bonds. The van der Waals surface area contributed by atoms with Gasteiger partial charge >= 0.3 is 5.97 Å². The van der Waals surface area contributed by atoms with E-state index >= 15 is 0 Å². The van der Waals surface area contributed by atoms with Crippen LogP contribution >= 0.6 is 11.8 Å².